The molecule has 1 aliphatic rings. The summed E-state index contributed by atoms with van der Waals surface area (Å²) < 4.78 is 27.3. The maximum Gasteiger partial charge on any atom is 0.313 e. The highest BCUT2D eigenvalue weighted by Crippen LogP contribution is 2.43. The largest absolute Gasteiger partial charge is 0.481 e. The third-order valence-corrected chi connectivity index (χ3v) is 3.71. The maximum absolute atomic E-state index is 13.1. The maximum atomic E-state index is 13.1. The fraction of sp³-hybridized carbons (Fsp3) is 0.667. The van der Waals surface area contributed by atoms with Gasteiger partial charge in [-0.2, -0.15) is 0 Å². The van der Waals surface area contributed by atoms with Crippen LogP contribution < -0.4 is 5.84 Å². The van der Waals surface area contributed by atoms with Gasteiger partial charge in [0.05, 0.1) is 5.75 Å². The summed E-state index contributed by atoms with van der Waals surface area (Å²) >= 11 is 0.912. The second kappa shape index (κ2) is 4.71. The predicted molar refractivity (Wildman–Crippen MR) is 60.1 cm³/mol. The van der Waals surface area contributed by atoms with Crippen molar-refractivity contribution in [3.05, 3.63) is 5.82 Å². The van der Waals surface area contributed by atoms with Crippen LogP contribution >= 0.6 is 11.8 Å². The molecule has 0 amide bonds. The molecule has 3 N–H and O–H groups in total. The predicted octanol–water partition coefficient (Wildman–Crippen LogP) is 1.07. The molecule has 0 radical (unpaired) electrons. The van der Waals surface area contributed by atoms with Crippen LogP contribution in [0.5, 0.6) is 0 Å². The minimum absolute atomic E-state index is 0.178. The summed E-state index contributed by atoms with van der Waals surface area (Å²) in [7, 11) is 0. The van der Waals surface area contributed by atoms with E-state index in [1.165, 1.54) is 0 Å². The fourth-order valence-electron chi connectivity index (χ4n) is 1.96. The Hall–Kier alpha value is -1.38. The van der Waals surface area contributed by atoms with E-state index in [1.807, 2.05) is 0 Å². The van der Waals surface area contributed by atoms with Gasteiger partial charge in [-0.25, -0.2) is 13.5 Å². The lowest BCUT2D eigenvalue weighted by atomic mass is 10.1. The van der Waals surface area contributed by atoms with Crippen LogP contribution in [0.1, 0.15) is 31.0 Å². The molecule has 0 aliphatic heterocycles. The Morgan fingerprint density at radius 1 is 1.61 bits per heavy atom. The highest BCUT2D eigenvalue weighted by molar-refractivity contribution is 7.99. The van der Waals surface area contributed by atoms with Gasteiger partial charge in [-0.05, 0) is 6.42 Å². The summed E-state index contributed by atoms with van der Waals surface area (Å²) in [4.78, 5) is 10.4. The molecular formula is C9H12F2N4O2S. The number of carboxylic acids is 1. The van der Waals surface area contributed by atoms with Crippen molar-refractivity contribution in [2.45, 2.75) is 36.3 Å². The quantitative estimate of drug-likeness (QED) is 0.632. The number of aliphatic carboxylic acids is 1. The molecule has 1 fully saturated rings. The Morgan fingerprint density at radius 3 is 2.89 bits per heavy atom. The zero-order chi connectivity index (χ0) is 13.3. The standard InChI is InChI=1S/C9H12F2N4O2S/c10-9(11)2-1-5(3-9)7-13-14-8(15(7)12)18-4-6(16)17/h5H,1-4,12H2,(H,16,17). The average Bonchev–Trinajstić information content (AvgIpc) is 2.79. The molecule has 1 heterocycles. The van der Waals surface area contributed by atoms with E-state index >= 15 is 0 Å². The smallest absolute Gasteiger partial charge is 0.313 e. The molecule has 1 saturated carbocycles. The average molecular weight is 278 g/mol. The molecule has 0 spiro atoms. The Labute approximate surface area is 106 Å². The number of thioether (sulfide) groups is 1. The number of aromatic nitrogens is 3. The number of nitrogens with two attached hydrogens (primary N) is 1. The van der Waals surface area contributed by atoms with E-state index in [1.54, 1.807) is 0 Å². The van der Waals surface area contributed by atoms with Gasteiger partial charge in [-0.1, -0.05) is 11.8 Å². The van der Waals surface area contributed by atoms with E-state index in [4.69, 9.17) is 10.9 Å². The molecular weight excluding hydrogens is 266 g/mol. The molecule has 1 unspecified atom stereocenters. The summed E-state index contributed by atoms with van der Waals surface area (Å²) in [6.07, 6.45) is -0.153. The third-order valence-electron chi connectivity index (χ3n) is 2.78. The number of halogens is 2. The van der Waals surface area contributed by atoms with Crippen LogP contribution in [0.15, 0.2) is 5.16 Å². The Morgan fingerprint density at radius 2 is 2.33 bits per heavy atom. The van der Waals surface area contributed by atoms with Gasteiger partial charge in [-0.15, -0.1) is 10.2 Å². The highest BCUT2D eigenvalue weighted by atomic mass is 32.2. The van der Waals surface area contributed by atoms with Crippen molar-refractivity contribution in [2.24, 2.45) is 0 Å². The SMILES string of the molecule is Nn1c(SCC(=O)O)nnc1C1CCC(F)(F)C1. The van der Waals surface area contributed by atoms with Crippen LogP contribution in [-0.2, 0) is 4.79 Å². The first kappa shape index (κ1) is 13.1. The van der Waals surface area contributed by atoms with Crippen LogP contribution in [0.2, 0.25) is 0 Å². The molecule has 0 saturated heterocycles. The first-order valence-corrected chi connectivity index (χ1v) is 6.30. The number of carboxylic acid groups (broad SMARTS) is 1. The summed E-state index contributed by atoms with van der Waals surface area (Å²) in [5.74, 6) is 1.69. The summed E-state index contributed by atoms with van der Waals surface area (Å²) in [5, 5.41) is 16.3. The van der Waals surface area contributed by atoms with Crippen LogP contribution in [-0.4, -0.2) is 37.6 Å². The number of hydrogen-bond acceptors (Lipinski definition) is 5. The van der Waals surface area contributed by atoms with Crippen molar-refractivity contribution >= 4 is 17.7 Å². The monoisotopic (exact) mass is 278 g/mol. The number of hydrogen-bond donors (Lipinski definition) is 2. The van der Waals surface area contributed by atoms with Crippen LogP contribution in [0, 0.1) is 0 Å². The van der Waals surface area contributed by atoms with Crippen LogP contribution in [0.25, 0.3) is 0 Å². The molecule has 6 nitrogen and oxygen atoms in total. The molecule has 1 aromatic rings. The van der Waals surface area contributed by atoms with E-state index in [0.29, 0.717) is 12.2 Å². The van der Waals surface area contributed by atoms with Crippen LogP contribution in [0.3, 0.4) is 0 Å². The molecule has 1 atom stereocenters. The minimum atomic E-state index is -2.68. The van der Waals surface area contributed by atoms with Crippen molar-refractivity contribution in [2.75, 3.05) is 11.6 Å². The minimum Gasteiger partial charge on any atom is -0.481 e. The molecule has 1 aliphatic carbocycles. The number of nitrogen functional groups attached to an aromatic ring is 1. The van der Waals surface area contributed by atoms with Crippen molar-refractivity contribution < 1.29 is 18.7 Å². The van der Waals surface area contributed by atoms with Gasteiger partial charge < -0.3 is 10.9 Å². The highest BCUT2D eigenvalue weighted by Gasteiger charge is 2.42. The second-order valence-electron chi connectivity index (χ2n) is 4.19. The second-order valence-corrected chi connectivity index (χ2v) is 5.13. The van der Waals surface area contributed by atoms with Gasteiger partial charge >= 0.3 is 5.97 Å². The summed E-state index contributed by atoms with van der Waals surface area (Å²) in [6, 6.07) is 0. The van der Waals surface area contributed by atoms with Crippen molar-refractivity contribution in [3.63, 3.8) is 0 Å². The summed E-state index contributed by atoms with van der Waals surface area (Å²) in [5.41, 5.74) is 0. The number of rotatable bonds is 4. The van der Waals surface area contributed by atoms with Gasteiger partial charge in [0.15, 0.2) is 5.82 Å². The van der Waals surface area contributed by atoms with Gasteiger partial charge in [0, 0.05) is 18.8 Å². The number of carbonyl (C=O) groups is 1. The normalized spacial score (nSPS) is 22.2. The van der Waals surface area contributed by atoms with E-state index in [-0.39, 0.29) is 23.8 Å². The Bertz CT molecular complexity index is 465. The molecule has 0 aromatic carbocycles. The van der Waals surface area contributed by atoms with Gasteiger partial charge in [0.1, 0.15) is 0 Å². The lowest BCUT2D eigenvalue weighted by molar-refractivity contribution is -0.133. The first-order valence-electron chi connectivity index (χ1n) is 5.32. The van der Waals surface area contributed by atoms with E-state index in [0.717, 1.165) is 16.4 Å². The van der Waals surface area contributed by atoms with Crippen molar-refractivity contribution in [1.82, 2.24) is 14.9 Å². The molecule has 100 valence electrons. The van der Waals surface area contributed by atoms with Gasteiger partial charge in [0.25, 0.3) is 0 Å². The van der Waals surface area contributed by atoms with Gasteiger partial charge in [-0.3, -0.25) is 4.79 Å². The molecule has 0 bridgehead atoms. The van der Waals surface area contributed by atoms with Crippen molar-refractivity contribution in [3.8, 4) is 0 Å². The van der Waals surface area contributed by atoms with E-state index in [9.17, 15) is 13.6 Å². The van der Waals surface area contributed by atoms with E-state index in [2.05, 4.69) is 10.2 Å². The zero-order valence-electron chi connectivity index (χ0n) is 9.34. The number of alkyl halides is 2. The van der Waals surface area contributed by atoms with Gasteiger partial charge in [0.2, 0.25) is 11.1 Å². The van der Waals surface area contributed by atoms with Crippen molar-refractivity contribution in [1.29, 1.82) is 0 Å². The molecule has 9 heteroatoms. The number of nitrogens with zero attached hydrogens (tertiary/aromatic N) is 3. The topological polar surface area (TPSA) is 94.0 Å². The lowest BCUT2D eigenvalue weighted by Gasteiger charge is -2.09. The molecule has 18 heavy (non-hydrogen) atoms. The fourth-order valence-corrected chi connectivity index (χ4v) is 2.55. The van der Waals surface area contributed by atoms with E-state index < -0.39 is 17.8 Å². The zero-order valence-corrected chi connectivity index (χ0v) is 10.2. The molecule has 1 aromatic heterocycles. The first-order chi connectivity index (χ1) is 8.39. The summed E-state index contributed by atoms with van der Waals surface area (Å²) in [6.45, 7) is 0. The van der Waals surface area contributed by atoms with Crippen LogP contribution in [0.4, 0.5) is 8.78 Å². The Kier molecular flexibility index (Phi) is 3.42. The Balaban J connectivity index is 2.09. The third kappa shape index (κ3) is 2.71. The molecule has 2 rings (SSSR count). The lowest BCUT2D eigenvalue weighted by Crippen LogP contribution is -2.17.